The molecule has 0 aromatic heterocycles. The van der Waals surface area contributed by atoms with Gasteiger partial charge in [0.15, 0.2) is 0 Å². The lowest BCUT2D eigenvalue weighted by Crippen LogP contribution is -1.93. The lowest BCUT2D eigenvalue weighted by Gasteiger charge is -2.13. The molecule has 1 aromatic carbocycles. The summed E-state index contributed by atoms with van der Waals surface area (Å²) in [7, 11) is 0. The predicted octanol–water partition coefficient (Wildman–Crippen LogP) is 1.29. The number of hydrogen-bond acceptors (Lipinski definition) is 4. The van der Waals surface area contributed by atoms with Crippen LogP contribution in [0.5, 0.6) is 5.75 Å². The predicted molar refractivity (Wildman–Crippen MR) is 71.8 cm³/mol. The van der Waals surface area contributed by atoms with E-state index in [1.807, 2.05) is 13.3 Å². The third-order valence-electron chi connectivity index (χ3n) is 1.69. The summed E-state index contributed by atoms with van der Waals surface area (Å²) in [6.07, 6.45) is -1.78. The van der Waals surface area contributed by atoms with E-state index in [4.69, 9.17) is 16.3 Å². The summed E-state index contributed by atoms with van der Waals surface area (Å²) in [5, 5.41) is 10.6. The fraction of sp³-hybridized carbons (Fsp3) is 0.333. The molecule has 6 nitrogen and oxygen atoms in total. The Balaban J connectivity index is 0. The first-order chi connectivity index (χ1) is 6.79. The van der Waals surface area contributed by atoms with Crippen molar-refractivity contribution >= 4 is 23.8 Å². The van der Waals surface area contributed by atoms with E-state index in [0.717, 1.165) is 0 Å². The Bertz CT molecular complexity index is 445. The van der Waals surface area contributed by atoms with Crippen LogP contribution in [0.1, 0.15) is 5.56 Å². The third kappa shape index (κ3) is 5.74. The van der Waals surface area contributed by atoms with Crippen molar-refractivity contribution in [3.05, 3.63) is 33.9 Å². The van der Waals surface area contributed by atoms with Crippen LogP contribution >= 0.6 is 6.26 Å². The molecule has 0 aliphatic rings. The van der Waals surface area contributed by atoms with E-state index in [1.165, 1.54) is 6.07 Å². The molecule has 0 atom stereocenters. The van der Waals surface area contributed by atoms with Crippen molar-refractivity contribution in [1.82, 2.24) is 0 Å². The van der Waals surface area contributed by atoms with Crippen LogP contribution in [0.3, 0.4) is 0 Å². The van der Waals surface area contributed by atoms with Gasteiger partial charge in [-0.15, -0.1) is 0 Å². The summed E-state index contributed by atoms with van der Waals surface area (Å²) in [4.78, 5) is 10.2. The summed E-state index contributed by atoms with van der Waals surface area (Å²) < 4.78 is 5.52. The summed E-state index contributed by atoms with van der Waals surface area (Å²) in [5.74, 6) is 0.603. The maximum absolute atomic E-state index is 10.6. The highest BCUT2D eigenvalue weighted by Gasteiger charge is 2.12. The zero-order valence-corrected chi connectivity index (χ0v) is 11.5. The molecule has 8 heteroatoms. The number of nitro groups is 1. The van der Waals surface area contributed by atoms with E-state index in [2.05, 4.69) is 0 Å². The third-order valence-corrected chi connectivity index (χ3v) is 2.56. The lowest BCUT2D eigenvalue weighted by atomic mass is 10.2. The molecule has 0 radical (unpaired) electrons. The van der Waals surface area contributed by atoms with Gasteiger partial charge < -0.3 is 15.5 Å². The molecule has 0 heterocycles. The molecule has 1 aromatic rings. The second-order valence-corrected chi connectivity index (χ2v) is 8.87. The Kier molecular flexibility index (Phi) is 7.19. The number of benzene rings is 1. The smallest absolute Gasteiger partial charge is 0.272 e. The average molecular weight is 281 g/mol. The van der Waals surface area contributed by atoms with Crippen molar-refractivity contribution in [2.24, 2.45) is 0 Å². The Morgan fingerprint density at radius 2 is 1.88 bits per heavy atom. The van der Waals surface area contributed by atoms with Crippen molar-refractivity contribution in [1.29, 1.82) is 0 Å². The summed E-state index contributed by atoms with van der Waals surface area (Å²) in [5.41, 5.74) is 0.684. The number of rotatable bonds is 3. The van der Waals surface area contributed by atoms with Crippen LogP contribution in [0.25, 0.3) is 0 Å². The summed E-state index contributed by atoms with van der Waals surface area (Å²) in [6.45, 7) is 5.40. The van der Waals surface area contributed by atoms with Gasteiger partial charge in [0, 0.05) is 11.6 Å². The Morgan fingerprint density at radius 3 is 2.24 bits per heavy atom. The van der Waals surface area contributed by atoms with Crippen LogP contribution in [0, 0.1) is 17.0 Å². The Labute approximate surface area is 104 Å². The Hall–Kier alpha value is -1.01. The van der Waals surface area contributed by atoms with Crippen molar-refractivity contribution in [2.45, 2.75) is 6.92 Å². The largest absolute Gasteiger partial charge is 0.467 e. The molecule has 0 spiro atoms. The Morgan fingerprint density at radius 1 is 1.35 bits per heavy atom. The molecule has 4 N–H and O–H groups in total. The van der Waals surface area contributed by atoms with Crippen LogP contribution in [0.4, 0.5) is 5.69 Å². The minimum atomic E-state index is -1.78. The van der Waals surface area contributed by atoms with Gasteiger partial charge in [-0.1, -0.05) is 11.8 Å². The van der Waals surface area contributed by atoms with Gasteiger partial charge in [0.05, 0.1) is 4.92 Å². The molecule has 0 amide bonds. The van der Waals surface area contributed by atoms with Crippen LogP contribution in [0.2, 0.25) is 0 Å². The molecule has 0 saturated heterocycles. The van der Waals surface area contributed by atoms with Crippen LogP contribution < -0.4 is 4.52 Å². The first kappa shape index (κ1) is 18.4. The monoisotopic (exact) mass is 281 g/mol. The molecule has 0 unspecified atom stereocenters. The number of aryl methyl sites for hydroxylation is 1. The quantitative estimate of drug-likeness (QED) is 0.471. The molecular weight excluding hydrogens is 265 g/mol. The SMILES string of the molecule is Cc1cc(OP(C)(C)=S)ccc1[N+](=O)[O-].O.O. The van der Waals surface area contributed by atoms with Gasteiger partial charge in [0.2, 0.25) is 0 Å². The van der Waals surface area contributed by atoms with Crippen LogP contribution in [-0.2, 0) is 11.8 Å². The highest BCUT2D eigenvalue weighted by molar-refractivity contribution is 8.11. The first-order valence-electron chi connectivity index (χ1n) is 4.29. The van der Waals surface area contributed by atoms with Crippen molar-refractivity contribution < 1.29 is 20.4 Å². The van der Waals surface area contributed by atoms with Gasteiger partial charge in [-0.2, -0.15) is 0 Å². The second kappa shape index (κ2) is 6.66. The van der Waals surface area contributed by atoms with Gasteiger partial charge in [-0.3, -0.25) is 10.1 Å². The standard InChI is InChI=1S/C9H12NO3PS.2H2O/c1-7-6-8(13-14(2,3)15)4-5-9(7)10(11)12;;/h4-6H,1-3H3;2*1H2. The van der Waals surface area contributed by atoms with E-state index < -0.39 is 11.2 Å². The molecule has 0 fully saturated rings. The number of nitrogens with zero attached hydrogens (tertiary/aromatic N) is 1. The van der Waals surface area contributed by atoms with Crippen molar-refractivity contribution in [3.8, 4) is 5.75 Å². The van der Waals surface area contributed by atoms with Crippen molar-refractivity contribution in [3.63, 3.8) is 0 Å². The normalized spacial score (nSPS) is 9.82. The van der Waals surface area contributed by atoms with Gasteiger partial charge >= 0.3 is 0 Å². The zero-order chi connectivity index (χ0) is 11.6. The van der Waals surface area contributed by atoms with Crippen LogP contribution in [0.15, 0.2) is 18.2 Å². The van der Waals surface area contributed by atoms with E-state index in [-0.39, 0.29) is 16.6 Å². The molecule has 98 valence electrons. The maximum atomic E-state index is 10.6. The first-order valence-corrected chi connectivity index (χ1v) is 7.91. The molecule has 0 aliphatic carbocycles. The lowest BCUT2D eigenvalue weighted by molar-refractivity contribution is -0.385. The fourth-order valence-electron chi connectivity index (χ4n) is 1.14. The van der Waals surface area contributed by atoms with Gasteiger partial charge in [0.25, 0.3) is 5.69 Å². The van der Waals surface area contributed by atoms with E-state index in [9.17, 15) is 10.1 Å². The zero-order valence-electron chi connectivity index (χ0n) is 9.76. The van der Waals surface area contributed by atoms with Crippen LogP contribution in [-0.4, -0.2) is 29.2 Å². The molecule has 0 saturated carbocycles. The molecule has 1 rings (SSSR count). The van der Waals surface area contributed by atoms with Gasteiger partial charge in [0.1, 0.15) is 12.0 Å². The number of nitro benzene ring substituents is 1. The van der Waals surface area contributed by atoms with E-state index in [0.29, 0.717) is 11.3 Å². The number of hydrogen-bond donors (Lipinski definition) is 0. The maximum Gasteiger partial charge on any atom is 0.272 e. The second-order valence-electron chi connectivity index (χ2n) is 3.55. The fourth-order valence-corrected chi connectivity index (χ4v) is 2.02. The van der Waals surface area contributed by atoms with E-state index >= 15 is 0 Å². The summed E-state index contributed by atoms with van der Waals surface area (Å²) >= 11 is 5.15. The van der Waals surface area contributed by atoms with Crippen molar-refractivity contribution in [2.75, 3.05) is 13.3 Å². The average Bonchev–Trinajstić information content (AvgIpc) is 1.99. The molecule has 0 bridgehead atoms. The minimum Gasteiger partial charge on any atom is -0.467 e. The summed E-state index contributed by atoms with van der Waals surface area (Å²) in [6, 6.07) is 4.67. The molecular formula is C9H16NO5PS. The highest BCUT2D eigenvalue weighted by atomic mass is 32.4. The molecule has 0 aliphatic heterocycles. The minimum absolute atomic E-state index is 0. The topological polar surface area (TPSA) is 115 Å². The van der Waals surface area contributed by atoms with E-state index in [1.54, 1.807) is 19.1 Å². The molecule has 17 heavy (non-hydrogen) atoms. The highest BCUT2D eigenvalue weighted by Crippen LogP contribution is 2.40. The van der Waals surface area contributed by atoms with Gasteiger partial charge in [-0.25, -0.2) is 0 Å². The van der Waals surface area contributed by atoms with Gasteiger partial charge in [-0.05, 0) is 32.4 Å².